The Morgan fingerprint density at radius 3 is 3.11 bits per heavy atom. The minimum atomic E-state index is 0.641. The maximum Gasteiger partial charge on any atom is 0.123 e. The van der Waals surface area contributed by atoms with Crippen LogP contribution in [0.4, 0.5) is 0 Å². The van der Waals surface area contributed by atoms with Gasteiger partial charge in [-0.1, -0.05) is 0 Å². The summed E-state index contributed by atoms with van der Waals surface area (Å²) < 4.78 is 2.01. The van der Waals surface area contributed by atoms with Gasteiger partial charge in [0.05, 0.1) is 23.1 Å². The van der Waals surface area contributed by atoms with E-state index in [1.54, 1.807) is 11.3 Å². The molecule has 2 N–H and O–H groups in total. The van der Waals surface area contributed by atoms with Gasteiger partial charge in [-0.25, -0.2) is 9.97 Å². The molecule has 0 bridgehead atoms. The van der Waals surface area contributed by atoms with Crippen molar-refractivity contribution in [1.82, 2.24) is 14.5 Å². The Morgan fingerprint density at radius 2 is 2.28 bits per heavy atom. The Labute approximate surface area is 109 Å². The maximum atomic E-state index is 5.54. The van der Waals surface area contributed by atoms with Crippen molar-refractivity contribution >= 4 is 22.4 Å². The van der Waals surface area contributed by atoms with Crippen LogP contribution >= 0.6 is 11.3 Å². The molecule has 92 valence electrons. The van der Waals surface area contributed by atoms with Crippen molar-refractivity contribution in [2.75, 3.05) is 6.54 Å². The molecule has 0 amide bonds. The summed E-state index contributed by atoms with van der Waals surface area (Å²) in [6.07, 6.45) is 2.67. The number of nitrogens with two attached hydrogens (primary N) is 1. The van der Waals surface area contributed by atoms with E-state index < -0.39 is 0 Å². The van der Waals surface area contributed by atoms with Crippen molar-refractivity contribution in [2.24, 2.45) is 12.8 Å². The fourth-order valence-corrected chi connectivity index (χ4v) is 2.82. The van der Waals surface area contributed by atoms with Crippen molar-refractivity contribution < 1.29 is 0 Å². The van der Waals surface area contributed by atoms with Crippen molar-refractivity contribution in [3.05, 3.63) is 35.6 Å². The van der Waals surface area contributed by atoms with Crippen LogP contribution in [0.5, 0.6) is 0 Å². The fourth-order valence-electron chi connectivity index (χ4n) is 1.97. The van der Waals surface area contributed by atoms with Gasteiger partial charge in [-0.2, -0.15) is 0 Å². The lowest BCUT2D eigenvalue weighted by atomic mass is 10.2. The molecule has 1 aromatic carbocycles. The summed E-state index contributed by atoms with van der Waals surface area (Å²) in [5.74, 6) is 0. The number of rotatable bonds is 3. The lowest BCUT2D eigenvalue weighted by Crippen LogP contribution is -2.02. The summed E-state index contributed by atoms with van der Waals surface area (Å²) in [6, 6.07) is 6.26. The van der Waals surface area contributed by atoms with Gasteiger partial charge < -0.3 is 10.3 Å². The van der Waals surface area contributed by atoms with Crippen LogP contribution in [0.1, 0.15) is 5.69 Å². The molecule has 18 heavy (non-hydrogen) atoms. The predicted octanol–water partition coefficient (Wildman–Crippen LogP) is 2.20. The zero-order valence-electron chi connectivity index (χ0n) is 10.1. The Morgan fingerprint density at radius 1 is 1.39 bits per heavy atom. The van der Waals surface area contributed by atoms with E-state index in [9.17, 15) is 0 Å². The first-order chi connectivity index (χ1) is 8.78. The number of hydrogen-bond donors (Lipinski definition) is 1. The van der Waals surface area contributed by atoms with E-state index in [2.05, 4.69) is 33.5 Å². The van der Waals surface area contributed by atoms with Gasteiger partial charge in [0.2, 0.25) is 0 Å². The summed E-state index contributed by atoms with van der Waals surface area (Å²) in [6.45, 7) is 0.641. The van der Waals surface area contributed by atoms with E-state index in [-0.39, 0.29) is 0 Å². The quantitative estimate of drug-likeness (QED) is 0.783. The molecule has 2 heterocycles. The molecule has 0 saturated heterocycles. The highest BCUT2D eigenvalue weighted by Gasteiger charge is 2.07. The summed E-state index contributed by atoms with van der Waals surface area (Å²) in [5, 5.41) is 3.11. The standard InChI is InChI=1S/C13H14N4S/c1-17-8-15-11-6-9(2-3-12(11)17)13-16-10(4-5-14)7-18-13/h2-3,6-8H,4-5,14H2,1H3. The van der Waals surface area contributed by atoms with E-state index in [4.69, 9.17) is 5.73 Å². The number of aromatic nitrogens is 3. The van der Waals surface area contributed by atoms with E-state index in [0.29, 0.717) is 6.54 Å². The highest BCUT2D eigenvalue weighted by atomic mass is 32.1. The van der Waals surface area contributed by atoms with Gasteiger partial charge in [-0.3, -0.25) is 0 Å². The second kappa shape index (κ2) is 4.51. The van der Waals surface area contributed by atoms with Crippen LogP contribution in [0.2, 0.25) is 0 Å². The van der Waals surface area contributed by atoms with Crippen LogP contribution in [0.3, 0.4) is 0 Å². The van der Waals surface area contributed by atoms with Gasteiger partial charge >= 0.3 is 0 Å². The molecular weight excluding hydrogens is 244 g/mol. The molecule has 0 aliphatic carbocycles. The minimum absolute atomic E-state index is 0.641. The van der Waals surface area contributed by atoms with Gasteiger partial charge in [0.25, 0.3) is 0 Å². The molecule has 3 aromatic rings. The maximum absolute atomic E-state index is 5.54. The van der Waals surface area contributed by atoms with Crippen LogP contribution in [0.25, 0.3) is 21.6 Å². The third-order valence-electron chi connectivity index (χ3n) is 2.92. The highest BCUT2D eigenvalue weighted by Crippen LogP contribution is 2.26. The molecule has 3 rings (SSSR count). The fraction of sp³-hybridized carbons (Fsp3) is 0.231. The normalized spacial score (nSPS) is 11.2. The first-order valence-corrected chi connectivity index (χ1v) is 6.72. The molecule has 0 fully saturated rings. The summed E-state index contributed by atoms with van der Waals surface area (Å²) in [4.78, 5) is 8.96. The Kier molecular flexibility index (Phi) is 2.85. The molecule has 0 unspecified atom stereocenters. The topological polar surface area (TPSA) is 56.7 Å². The van der Waals surface area contributed by atoms with Crippen molar-refractivity contribution in [1.29, 1.82) is 0 Å². The summed E-state index contributed by atoms with van der Waals surface area (Å²) >= 11 is 1.66. The monoisotopic (exact) mass is 258 g/mol. The Bertz CT molecular complexity index is 683. The van der Waals surface area contributed by atoms with E-state index in [0.717, 1.165) is 33.7 Å². The first-order valence-electron chi connectivity index (χ1n) is 5.84. The SMILES string of the molecule is Cn1cnc2cc(-c3nc(CCN)cs3)ccc21. The smallest absolute Gasteiger partial charge is 0.123 e. The number of imidazole rings is 1. The molecule has 5 heteroatoms. The van der Waals surface area contributed by atoms with Gasteiger partial charge in [-0.15, -0.1) is 11.3 Å². The molecule has 0 radical (unpaired) electrons. The number of fused-ring (bicyclic) bond motifs is 1. The lowest BCUT2D eigenvalue weighted by molar-refractivity contribution is 0.936. The molecule has 2 aromatic heterocycles. The number of thiazole rings is 1. The first kappa shape index (κ1) is 11.4. The average molecular weight is 258 g/mol. The van der Waals surface area contributed by atoms with E-state index in [1.807, 2.05) is 17.9 Å². The van der Waals surface area contributed by atoms with Crippen LogP contribution < -0.4 is 5.73 Å². The Hall–Kier alpha value is -1.72. The van der Waals surface area contributed by atoms with Crippen molar-refractivity contribution in [2.45, 2.75) is 6.42 Å². The van der Waals surface area contributed by atoms with Crippen LogP contribution in [0, 0.1) is 0 Å². The van der Waals surface area contributed by atoms with Crippen LogP contribution in [-0.4, -0.2) is 21.1 Å². The van der Waals surface area contributed by atoms with Crippen LogP contribution in [0.15, 0.2) is 29.9 Å². The van der Waals surface area contributed by atoms with Gasteiger partial charge in [0.1, 0.15) is 5.01 Å². The number of benzene rings is 1. The van der Waals surface area contributed by atoms with Gasteiger partial charge in [0, 0.05) is 24.4 Å². The minimum Gasteiger partial charge on any atom is -0.334 e. The number of nitrogens with zero attached hydrogens (tertiary/aromatic N) is 3. The zero-order chi connectivity index (χ0) is 12.5. The van der Waals surface area contributed by atoms with Crippen molar-refractivity contribution in [3.8, 4) is 10.6 Å². The Balaban J connectivity index is 2.02. The van der Waals surface area contributed by atoms with E-state index in [1.165, 1.54) is 0 Å². The molecule has 0 spiro atoms. The van der Waals surface area contributed by atoms with E-state index >= 15 is 0 Å². The average Bonchev–Trinajstić information content (AvgIpc) is 2.97. The van der Waals surface area contributed by atoms with Gasteiger partial charge in [-0.05, 0) is 24.7 Å². The number of hydrogen-bond acceptors (Lipinski definition) is 4. The summed E-state index contributed by atoms with van der Waals surface area (Å²) in [7, 11) is 2.00. The zero-order valence-corrected chi connectivity index (χ0v) is 10.9. The number of aryl methyl sites for hydroxylation is 1. The largest absolute Gasteiger partial charge is 0.334 e. The van der Waals surface area contributed by atoms with Crippen molar-refractivity contribution in [3.63, 3.8) is 0 Å². The third-order valence-corrected chi connectivity index (χ3v) is 3.86. The lowest BCUT2D eigenvalue weighted by Gasteiger charge is -1.98. The highest BCUT2D eigenvalue weighted by molar-refractivity contribution is 7.13. The molecule has 4 nitrogen and oxygen atoms in total. The predicted molar refractivity (Wildman–Crippen MR) is 74.6 cm³/mol. The molecular formula is C13H14N4S. The third kappa shape index (κ3) is 1.91. The van der Waals surface area contributed by atoms with Gasteiger partial charge in [0.15, 0.2) is 0 Å². The second-order valence-electron chi connectivity index (χ2n) is 4.24. The second-order valence-corrected chi connectivity index (χ2v) is 5.10. The van der Waals surface area contributed by atoms with Crippen LogP contribution in [-0.2, 0) is 13.5 Å². The molecule has 0 aliphatic rings. The molecule has 0 aliphatic heterocycles. The summed E-state index contributed by atoms with van der Waals surface area (Å²) in [5.41, 5.74) is 9.87. The molecule has 0 atom stereocenters. The molecule has 0 saturated carbocycles.